The molecule has 0 spiro atoms. The average molecular weight is 600 g/mol. The Balaban J connectivity index is 1.32. The second kappa shape index (κ2) is 13.6. The van der Waals surface area contributed by atoms with Gasteiger partial charge in [-0.15, -0.1) is 0 Å². The number of likely N-dealkylation sites (N-methyl/N-ethyl adjacent to an activating group) is 1. The van der Waals surface area contributed by atoms with E-state index in [2.05, 4.69) is 15.3 Å². The summed E-state index contributed by atoms with van der Waals surface area (Å²) in [5.74, 6) is -0.204. The van der Waals surface area contributed by atoms with Crippen LogP contribution < -0.4 is 5.32 Å². The molecule has 0 aliphatic carbocycles. The van der Waals surface area contributed by atoms with E-state index in [4.69, 9.17) is 11.6 Å². The van der Waals surface area contributed by atoms with Crippen molar-refractivity contribution in [1.82, 2.24) is 24.9 Å². The Morgan fingerprint density at radius 1 is 1.10 bits per heavy atom. The van der Waals surface area contributed by atoms with Gasteiger partial charge >= 0.3 is 0 Å². The number of nitrogens with one attached hydrogen (secondary N) is 1. The number of hydrogen-bond acceptors (Lipinski definition) is 6. The molecule has 220 valence electrons. The maximum atomic E-state index is 13.2. The molecule has 1 aliphatic rings. The Bertz CT molecular complexity index is 1420. The lowest BCUT2D eigenvalue weighted by Crippen LogP contribution is -2.48. The molecule has 1 saturated heterocycles. The van der Waals surface area contributed by atoms with Crippen molar-refractivity contribution < 1.29 is 18.0 Å². The summed E-state index contributed by atoms with van der Waals surface area (Å²) in [5.41, 5.74) is 2.17. The molecule has 2 aromatic carbocycles. The summed E-state index contributed by atoms with van der Waals surface area (Å²) in [5, 5.41) is 7.54. The fraction of sp³-hybridized carbons (Fsp3) is 0.433. The van der Waals surface area contributed by atoms with Crippen molar-refractivity contribution in [3.8, 4) is 0 Å². The van der Waals surface area contributed by atoms with Gasteiger partial charge in [0.15, 0.2) is 9.84 Å². The average Bonchev–Trinajstić information content (AvgIpc) is 3.30. The lowest BCUT2D eigenvalue weighted by molar-refractivity contribution is -0.133. The van der Waals surface area contributed by atoms with Gasteiger partial charge in [-0.05, 0) is 49.4 Å². The quantitative estimate of drug-likeness (QED) is 0.359. The number of likely N-dealkylation sites (tertiary alicyclic amines) is 1. The van der Waals surface area contributed by atoms with E-state index in [0.717, 1.165) is 50.0 Å². The first-order chi connectivity index (χ1) is 19.6. The van der Waals surface area contributed by atoms with Crippen molar-refractivity contribution >= 4 is 33.3 Å². The number of aromatic nitrogens is 2. The fourth-order valence-corrected chi connectivity index (χ4v) is 6.32. The van der Waals surface area contributed by atoms with Gasteiger partial charge in [-0.3, -0.25) is 14.3 Å². The van der Waals surface area contributed by atoms with Crippen LogP contribution in [-0.2, 0) is 28.1 Å². The number of rotatable bonds is 11. The van der Waals surface area contributed by atoms with E-state index in [0.29, 0.717) is 17.3 Å². The summed E-state index contributed by atoms with van der Waals surface area (Å²) >= 11 is 6.21. The van der Waals surface area contributed by atoms with E-state index < -0.39 is 9.84 Å². The van der Waals surface area contributed by atoms with Crippen LogP contribution in [0.25, 0.3) is 0 Å². The molecule has 41 heavy (non-hydrogen) atoms. The first kappa shape index (κ1) is 30.7. The summed E-state index contributed by atoms with van der Waals surface area (Å²) in [4.78, 5) is 30.8. The van der Waals surface area contributed by atoms with Gasteiger partial charge in [0.05, 0.1) is 28.6 Å². The monoisotopic (exact) mass is 599 g/mol. The number of aryl methyl sites for hydroxylation is 1. The lowest BCUT2D eigenvalue weighted by atomic mass is 9.99. The van der Waals surface area contributed by atoms with Gasteiger partial charge in [0.2, 0.25) is 5.91 Å². The summed E-state index contributed by atoms with van der Waals surface area (Å²) in [6.45, 7) is 5.15. The molecule has 1 N–H and O–H groups in total. The van der Waals surface area contributed by atoms with Crippen LogP contribution in [0.1, 0.15) is 53.8 Å². The molecular formula is C30H38ClN5O4S. The normalized spacial score (nSPS) is 15.4. The summed E-state index contributed by atoms with van der Waals surface area (Å²) in [6, 6.07) is 16.4. The Morgan fingerprint density at radius 3 is 2.32 bits per heavy atom. The molecule has 0 bridgehead atoms. The zero-order valence-electron chi connectivity index (χ0n) is 23.8. The largest absolute Gasteiger partial charge is 0.344 e. The van der Waals surface area contributed by atoms with Gasteiger partial charge in [-0.25, -0.2) is 8.42 Å². The number of nitrogens with zero attached hydrogens (tertiary/aromatic N) is 4. The van der Waals surface area contributed by atoms with E-state index in [9.17, 15) is 18.0 Å². The van der Waals surface area contributed by atoms with Gasteiger partial charge in [-0.2, -0.15) is 5.10 Å². The minimum absolute atomic E-state index is 0.0544. The minimum Gasteiger partial charge on any atom is -0.344 e. The zero-order chi connectivity index (χ0) is 29.6. The molecule has 0 radical (unpaired) electrons. The highest BCUT2D eigenvalue weighted by molar-refractivity contribution is 7.90. The Morgan fingerprint density at radius 2 is 1.76 bits per heavy atom. The van der Waals surface area contributed by atoms with Crippen molar-refractivity contribution in [3.63, 3.8) is 0 Å². The molecule has 1 aliphatic heterocycles. The third-order valence-electron chi connectivity index (χ3n) is 7.72. The molecule has 3 aromatic rings. The zero-order valence-corrected chi connectivity index (χ0v) is 25.4. The predicted molar refractivity (Wildman–Crippen MR) is 160 cm³/mol. The molecule has 4 rings (SSSR count). The van der Waals surface area contributed by atoms with Crippen LogP contribution in [0, 0.1) is 0 Å². The fourth-order valence-electron chi connectivity index (χ4n) is 5.44. The van der Waals surface area contributed by atoms with Crippen LogP contribution in [0.5, 0.6) is 0 Å². The number of halogens is 1. The third-order valence-corrected chi connectivity index (χ3v) is 9.12. The first-order valence-corrected chi connectivity index (χ1v) is 16.2. The minimum atomic E-state index is -3.27. The van der Waals surface area contributed by atoms with Crippen molar-refractivity contribution in [1.29, 1.82) is 0 Å². The standard InChI is InChI=1S/C30H38ClN5O4S/c1-4-36(28(37)20-22-10-12-25(13-11-22)41(3,39)40)24-14-17-35(18-15-24)19-16-27(23-8-6-5-7-9-23)33-30(38)29-26(31)21-32-34(29)2/h5-13,21,24,27H,4,14-20H2,1-3H3,(H,33,38)/t27-/m0/s1. The first-order valence-electron chi connectivity index (χ1n) is 13.9. The molecule has 1 fully saturated rings. The molecule has 1 aromatic heterocycles. The van der Waals surface area contributed by atoms with Crippen LogP contribution in [0.2, 0.25) is 5.02 Å². The third kappa shape index (κ3) is 7.96. The number of benzene rings is 2. The maximum Gasteiger partial charge on any atom is 0.271 e. The molecule has 0 saturated carbocycles. The molecule has 0 unspecified atom stereocenters. The van der Waals surface area contributed by atoms with E-state index in [1.165, 1.54) is 17.1 Å². The van der Waals surface area contributed by atoms with Gasteiger partial charge in [0.1, 0.15) is 5.69 Å². The number of carbonyl (C=O) groups is 2. The van der Waals surface area contributed by atoms with E-state index in [1.54, 1.807) is 31.3 Å². The number of carbonyl (C=O) groups excluding carboxylic acids is 2. The van der Waals surface area contributed by atoms with E-state index in [1.807, 2.05) is 42.2 Å². The molecule has 1 atom stereocenters. The van der Waals surface area contributed by atoms with E-state index in [-0.39, 0.29) is 35.2 Å². The topological polar surface area (TPSA) is 105 Å². The second-order valence-electron chi connectivity index (χ2n) is 10.5. The van der Waals surface area contributed by atoms with Gasteiger partial charge < -0.3 is 15.1 Å². The van der Waals surface area contributed by atoms with Crippen molar-refractivity contribution in [3.05, 3.63) is 82.6 Å². The molecule has 9 nitrogen and oxygen atoms in total. The maximum absolute atomic E-state index is 13.2. The number of sulfone groups is 1. The molecule has 2 amide bonds. The molecule has 11 heteroatoms. The number of hydrogen-bond donors (Lipinski definition) is 1. The van der Waals surface area contributed by atoms with Crippen molar-refractivity contribution in [2.45, 2.75) is 49.6 Å². The van der Waals surface area contributed by atoms with Gasteiger partial charge in [0, 0.05) is 45.5 Å². The Hall–Kier alpha value is -3.21. The van der Waals surface area contributed by atoms with Crippen molar-refractivity contribution in [2.75, 3.05) is 32.4 Å². The molecular weight excluding hydrogens is 562 g/mol. The van der Waals surface area contributed by atoms with Crippen molar-refractivity contribution in [2.24, 2.45) is 7.05 Å². The summed E-state index contributed by atoms with van der Waals surface area (Å²) in [7, 11) is -1.57. The van der Waals surface area contributed by atoms with Crippen LogP contribution in [0.3, 0.4) is 0 Å². The lowest BCUT2D eigenvalue weighted by Gasteiger charge is -2.38. The van der Waals surface area contributed by atoms with Gasteiger partial charge in [0.25, 0.3) is 5.91 Å². The highest BCUT2D eigenvalue weighted by Crippen LogP contribution is 2.23. The summed E-state index contributed by atoms with van der Waals surface area (Å²) in [6.07, 6.45) is 5.37. The highest BCUT2D eigenvalue weighted by atomic mass is 35.5. The highest BCUT2D eigenvalue weighted by Gasteiger charge is 2.28. The van der Waals surface area contributed by atoms with Crippen LogP contribution in [0.4, 0.5) is 0 Å². The smallest absolute Gasteiger partial charge is 0.271 e. The number of amides is 2. The predicted octanol–water partition coefficient (Wildman–Crippen LogP) is 3.89. The van der Waals surface area contributed by atoms with Crippen LogP contribution in [0.15, 0.2) is 65.7 Å². The van der Waals surface area contributed by atoms with Crippen LogP contribution >= 0.6 is 11.6 Å². The Kier molecular flexibility index (Phi) is 10.2. The SMILES string of the molecule is CCN(C(=O)Cc1ccc(S(C)(=O)=O)cc1)C1CCN(CC[C@H](NC(=O)c2c(Cl)cnn2C)c2ccccc2)CC1. The van der Waals surface area contributed by atoms with E-state index >= 15 is 0 Å². The number of piperidine rings is 1. The van der Waals surface area contributed by atoms with Crippen LogP contribution in [-0.4, -0.2) is 78.3 Å². The summed E-state index contributed by atoms with van der Waals surface area (Å²) < 4.78 is 24.9. The van der Waals surface area contributed by atoms with Gasteiger partial charge in [-0.1, -0.05) is 54.1 Å². The molecule has 2 heterocycles. The Labute approximate surface area is 247 Å². The second-order valence-corrected chi connectivity index (χ2v) is 13.0.